The van der Waals surface area contributed by atoms with E-state index < -0.39 is 0 Å². The fraction of sp³-hybridized carbons (Fsp3) is 0.167. The van der Waals surface area contributed by atoms with E-state index in [0.29, 0.717) is 22.3 Å². The summed E-state index contributed by atoms with van der Waals surface area (Å²) in [5.41, 5.74) is 5.68. The van der Waals surface area contributed by atoms with E-state index in [1.807, 2.05) is 81.4 Å². The summed E-state index contributed by atoms with van der Waals surface area (Å²) in [6.07, 6.45) is 0. The molecule has 0 aliphatic rings. The molecule has 0 saturated heterocycles. The number of fused-ring (bicyclic) bond motifs is 1. The van der Waals surface area contributed by atoms with Gasteiger partial charge in [0.25, 0.3) is 5.91 Å². The normalized spacial score (nSPS) is 11.0. The lowest BCUT2D eigenvalue weighted by molar-refractivity contribution is 0.0984. The molecule has 1 heterocycles. The first-order chi connectivity index (χ1) is 13.9. The number of thiazole rings is 1. The number of benzene rings is 3. The molecule has 0 unspecified atom stereocenters. The largest absolute Gasteiger partial charge is 0.279 e. The molecule has 29 heavy (non-hydrogen) atoms. The second kappa shape index (κ2) is 7.97. The van der Waals surface area contributed by atoms with Crippen LogP contribution in [0.5, 0.6) is 0 Å². The van der Waals surface area contributed by atoms with E-state index in [4.69, 9.17) is 16.6 Å². The number of aryl methyl sites for hydroxylation is 3. The topological polar surface area (TPSA) is 33.2 Å². The molecular formula is C24H21ClN2OS. The number of carbonyl (C=O) groups is 1. The van der Waals surface area contributed by atoms with E-state index in [2.05, 4.69) is 0 Å². The summed E-state index contributed by atoms with van der Waals surface area (Å²) < 4.78 is 0.983. The van der Waals surface area contributed by atoms with Gasteiger partial charge in [-0.2, -0.15) is 0 Å². The number of rotatable bonds is 4. The van der Waals surface area contributed by atoms with E-state index in [0.717, 1.165) is 32.5 Å². The van der Waals surface area contributed by atoms with Crippen molar-refractivity contribution in [3.8, 4) is 0 Å². The molecule has 1 amide bonds. The first kappa shape index (κ1) is 19.6. The van der Waals surface area contributed by atoms with Gasteiger partial charge in [-0.25, -0.2) is 4.98 Å². The number of nitrogens with zero attached hydrogens (tertiary/aromatic N) is 2. The molecule has 0 radical (unpaired) electrons. The molecule has 0 atom stereocenters. The van der Waals surface area contributed by atoms with Crippen molar-refractivity contribution >= 4 is 44.2 Å². The van der Waals surface area contributed by atoms with Gasteiger partial charge in [-0.1, -0.05) is 71.0 Å². The maximum absolute atomic E-state index is 13.6. The van der Waals surface area contributed by atoms with Crippen LogP contribution in [0.3, 0.4) is 0 Å². The maximum Gasteiger partial charge on any atom is 0.260 e. The van der Waals surface area contributed by atoms with Crippen LogP contribution < -0.4 is 4.90 Å². The van der Waals surface area contributed by atoms with Crippen LogP contribution in [0.15, 0.2) is 60.7 Å². The third kappa shape index (κ3) is 4.04. The summed E-state index contributed by atoms with van der Waals surface area (Å²) >= 11 is 7.73. The molecule has 4 aromatic rings. The second-order valence-electron chi connectivity index (χ2n) is 7.26. The number of carbonyl (C=O) groups excluding carboxylic acids is 1. The van der Waals surface area contributed by atoms with Crippen molar-refractivity contribution in [2.45, 2.75) is 27.3 Å². The summed E-state index contributed by atoms with van der Waals surface area (Å²) in [6.45, 7) is 6.42. The predicted molar refractivity (Wildman–Crippen MR) is 122 cm³/mol. The number of anilines is 1. The van der Waals surface area contributed by atoms with E-state index >= 15 is 0 Å². The second-order valence-corrected chi connectivity index (χ2v) is 8.71. The van der Waals surface area contributed by atoms with Crippen LogP contribution in [0.2, 0.25) is 5.02 Å². The lowest BCUT2D eigenvalue weighted by Gasteiger charge is -2.21. The molecule has 0 aliphatic carbocycles. The number of hydrogen-bond donors (Lipinski definition) is 0. The molecule has 0 fully saturated rings. The van der Waals surface area contributed by atoms with Crippen molar-refractivity contribution in [3.05, 3.63) is 93.5 Å². The minimum absolute atomic E-state index is 0.0436. The highest BCUT2D eigenvalue weighted by Gasteiger charge is 2.23. The van der Waals surface area contributed by atoms with Crippen LogP contribution >= 0.6 is 22.9 Å². The Morgan fingerprint density at radius 1 is 1.00 bits per heavy atom. The van der Waals surface area contributed by atoms with E-state index in [1.165, 1.54) is 11.3 Å². The van der Waals surface area contributed by atoms with Crippen molar-refractivity contribution in [2.75, 3.05) is 4.90 Å². The number of amides is 1. The Labute approximate surface area is 179 Å². The van der Waals surface area contributed by atoms with Crippen molar-refractivity contribution in [1.82, 2.24) is 4.98 Å². The van der Waals surface area contributed by atoms with Crippen LogP contribution in [0.1, 0.15) is 32.6 Å². The monoisotopic (exact) mass is 420 g/mol. The maximum atomic E-state index is 13.6. The van der Waals surface area contributed by atoms with Crippen LogP contribution in [0, 0.1) is 20.8 Å². The molecule has 0 bridgehead atoms. The minimum Gasteiger partial charge on any atom is -0.279 e. The van der Waals surface area contributed by atoms with Crippen LogP contribution in [-0.2, 0) is 6.54 Å². The van der Waals surface area contributed by atoms with Gasteiger partial charge in [0.05, 0.1) is 16.8 Å². The van der Waals surface area contributed by atoms with Crippen molar-refractivity contribution in [2.24, 2.45) is 0 Å². The molecule has 146 valence electrons. The molecule has 0 saturated carbocycles. The average Bonchev–Trinajstić information content (AvgIpc) is 3.12. The molecule has 4 rings (SSSR count). The zero-order chi connectivity index (χ0) is 20.5. The van der Waals surface area contributed by atoms with Gasteiger partial charge < -0.3 is 0 Å². The molecule has 0 aliphatic heterocycles. The van der Waals surface area contributed by atoms with Gasteiger partial charge in [0, 0.05) is 10.6 Å². The minimum atomic E-state index is -0.0436. The number of hydrogen-bond acceptors (Lipinski definition) is 3. The van der Waals surface area contributed by atoms with Crippen LogP contribution in [-0.4, -0.2) is 10.9 Å². The highest BCUT2D eigenvalue weighted by Crippen LogP contribution is 2.34. The lowest BCUT2D eigenvalue weighted by atomic mass is 10.0. The highest BCUT2D eigenvalue weighted by molar-refractivity contribution is 7.22. The Balaban J connectivity index is 1.83. The van der Waals surface area contributed by atoms with Crippen molar-refractivity contribution in [3.63, 3.8) is 0 Å². The van der Waals surface area contributed by atoms with Crippen molar-refractivity contribution in [1.29, 1.82) is 0 Å². The Morgan fingerprint density at radius 2 is 1.76 bits per heavy atom. The van der Waals surface area contributed by atoms with Gasteiger partial charge >= 0.3 is 0 Å². The molecule has 3 nitrogen and oxygen atoms in total. The molecule has 5 heteroatoms. The first-order valence-electron chi connectivity index (χ1n) is 9.42. The van der Waals surface area contributed by atoms with Gasteiger partial charge in [-0.3, -0.25) is 9.69 Å². The van der Waals surface area contributed by atoms with Crippen LogP contribution in [0.4, 0.5) is 5.13 Å². The summed E-state index contributed by atoms with van der Waals surface area (Å²) in [4.78, 5) is 20.2. The summed E-state index contributed by atoms with van der Waals surface area (Å²) in [7, 11) is 0. The number of aromatic nitrogens is 1. The molecule has 3 aromatic carbocycles. The van der Waals surface area contributed by atoms with E-state index in [9.17, 15) is 4.79 Å². The summed E-state index contributed by atoms with van der Waals surface area (Å²) in [6, 6.07) is 19.8. The lowest BCUT2D eigenvalue weighted by Crippen LogP contribution is -2.31. The summed E-state index contributed by atoms with van der Waals surface area (Å²) in [5, 5.41) is 1.36. The number of halogens is 1. The predicted octanol–water partition coefficient (Wildman–Crippen LogP) is 6.72. The Kier molecular flexibility index (Phi) is 5.39. The smallest absolute Gasteiger partial charge is 0.260 e. The zero-order valence-corrected chi connectivity index (χ0v) is 18.1. The Hall–Kier alpha value is -2.69. The van der Waals surface area contributed by atoms with Gasteiger partial charge in [-0.05, 0) is 55.7 Å². The Morgan fingerprint density at radius 3 is 2.52 bits per heavy atom. The molecule has 0 spiro atoms. The van der Waals surface area contributed by atoms with Crippen LogP contribution in [0.25, 0.3) is 10.2 Å². The van der Waals surface area contributed by atoms with E-state index in [1.54, 1.807) is 4.90 Å². The fourth-order valence-corrected chi connectivity index (χ4v) is 4.78. The van der Waals surface area contributed by atoms with Crippen molar-refractivity contribution < 1.29 is 4.79 Å². The molecular weight excluding hydrogens is 400 g/mol. The highest BCUT2D eigenvalue weighted by atomic mass is 35.5. The third-order valence-corrected chi connectivity index (χ3v) is 6.17. The van der Waals surface area contributed by atoms with E-state index in [-0.39, 0.29) is 5.91 Å². The fourth-order valence-electron chi connectivity index (χ4n) is 3.36. The average molecular weight is 421 g/mol. The standard InChI is InChI=1S/C24H21ClN2OS/c1-15-9-10-16(2)20(11-15)23(28)27(14-18-7-5-4-6-8-18)24-26-22-17(3)12-19(25)13-21(22)29-24/h4-13H,14H2,1-3H3. The third-order valence-electron chi connectivity index (χ3n) is 4.92. The quantitative estimate of drug-likeness (QED) is 0.367. The molecule has 0 N–H and O–H groups in total. The zero-order valence-electron chi connectivity index (χ0n) is 16.6. The summed E-state index contributed by atoms with van der Waals surface area (Å²) in [5.74, 6) is -0.0436. The molecule has 1 aromatic heterocycles. The Bertz CT molecular complexity index is 1200. The van der Waals surface area contributed by atoms with Gasteiger partial charge in [0.1, 0.15) is 0 Å². The van der Waals surface area contributed by atoms with Gasteiger partial charge in [0.2, 0.25) is 0 Å². The van der Waals surface area contributed by atoms with Gasteiger partial charge in [-0.15, -0.1) is 0 Å². The first-order valence-corrected chi connectivity index (χ1v) is 10.6. The van der Waals surface area contributed by atoms with Gasteiger partial charge in [0.15, 0.2) is 5.13 Å². The SMILES string of the molecule is Cc1ccc(C)c(C(=O)N(Cc2ccccc2)c2nc3c(C)cc(Cl)cc3s2)c1.